The molecular formula is C15H15F. The second-order valence-corrected chi connectivity index (χ2v) is 3.97. The lowest BCUT2D eigenvalue weighted by Crippen LogP contribution is -1.89. The van der Waals surface area contributed by atoms with Crippen molar-refractivity contribution < 1.29 is 4.39 Å². The summed E-state index contributed by atoms with van der Waals surface area (Å²) < 4.78 is 13.5. The van der Waals surface area contributed by atoms with E-state index < -0.39 is 0 Å². The van der Waals surface area contributed by atoms with E-state index in [1.54, 1.807) is 13.0 Å². The molecule has 0 radical (unpaired) electrons. The number of benzene rings is 2. The Kier molecular flexibility index (Phi) is 3.04. The fourth-order valence-corrected chi connectivity index (χ4v) is 1.87. The SMILES string of the molecule is CCc1ccccc1-c1ccc(C)c(F)c1. The molecule has 16 heavy (non-hydrogen) atoms. The highest BCUT2D eigenvalue weighted by atomic mass is 19.1. The zero-order chi connectivity index (χ0) is 11.5. The molecule has 82 valence electrons. The van der Waals surface area contributed by atoms with Crippen LogP contribution < -0.4 is 0 Å². The fourth-order valence-electron chi connectivity index (χ4n) is 1.87. The molecule has 2 aromatic rings. The molecule has 0 amide bonds. The highest BCUT2D eigenvalue weighted by Crippen LogP contribution is 2.25. The van der Waals surface area contributed by atoms with E-state index in [4.69, 9.17) is 0 Å². The molecule has 0 saturated heterocycles. The van der Waals surface area contributed by atoms with Crippen molar-refractivity contribution in [1.82, 2.24) is 0 Å². The molecule has 0 N–H and O–H groups in total. The molecule has 2 rings (SSSR count). The molecule has 0 nitrogen and oxygen atoms in total. The van der Waals surface area contributed by atoms with Gasteiger partial charge in [-0.05, 0) is 41.7 Å². The predicted octanol–water partition coefficient (Wildman–Crippen LogP) is 4.36. The standard InChI is InChI=1S/C15H15F/c1-3-12-6-4-5-7-14(12)13-9-8-11(2)15(16)10-13/h4-10H,3H2,1-2H3. The second-order valence-electron chi connectivity index (χ2n) is 3.97. The fraction of sp³-hybridized carbons (Fsp3) is 0.200. The molecule has 2 aromatic carbocycles. The number of rotatable bonds is 2. The first-order chi connectivity index (χ1) is 7.72. The van der Waals surface area contributed by atoms with E-state index in [0.29, 0.717) is 5.56 Å². The van der Waals surface area contributed by atoms with Crippen LogP contribution >= 0.6 is 0 Å². The van der Waals surface area contributed by atoms with Gasteiger partial charge in [-0.2, -0.15) is 0 Å². The molecule has 0 aliphatic carbocycles. The number of halogens is 1. The van der Waals surface area contributed by atoms with Crippen LogP contribution in [0.15, 0.2) is 42.5 Å². The topological polar surface area (TPSA) is 0 Å². The van der Waals surface area contributed by atoms with Gasteiger partial charge in [0.25, 0.3) is 0 Å². The molecule has 0 atom stereocenters. The Morgan fingerprint density at radius 2 is 1.81 bits per heavy atom. The van der Waals surface area contributed by atoms with Gasteiger partial charge in [0.05, 0.1) is 0 Å². The summed E-state index contributed by atoms with van der Waals surface area (Å²) in [6.07, 6.45) is 0.964. The maximum atomic E-state index is 13.5. The largest absolute Gasteiger partial charge is 0.207 e. The van der Waals surface area contributed by atoms with Crippen molar-refractivity contribution in [3.8, 4) is 11.1 Å². The first-order valence-electron chi connectivity index (χ1n) is 5.57. The van der Waals surface area contributed by atoms with Crippen LogP contribution in [-0.4, -0.2) is 0 Å². The van der Waals surface area contributed by atoms with E-state index >= 15 is 0 Å². The molecule has 0 aliphatic heterocycles. The van der Waals surface area contributed by atoms with Crippen molar-refractivity contribution in [3.05, 3.63) is 59.4 Å². The van der Waals surface area contributed by atoms with Crippen LogP contribution in [0.2, 0.25) is 0 Å². The summed E-state index contributed by atoms with van der Waals surface area (Å²) in [7, 11) is 0. The Labute approximate surface area is 95.7 Å². The lowest BCUT2D eigenvalue weighted by atomic mass is 9.97. The van der Waals surface area contributed by atoms with Gasteiger partial charge in [0.2, 0.25) is 0 Å². The predicted molar refractivity (Wildman–Crippen MR) is 66.0 cm³/mol. The molecule has 0 fully saturated rings. The Morgan fingerprint density at radius 3 is 2.50 bits per heavy atom. The molecule has 0 heterocycles. The van der Waals surface area contributed by atoms with Crippen molar-refractivity contribution in [2.45, 2.75) is 20.3 Å². The maximum Gasteiger partial charge on any atom is 0.126 e. The van der Waals surface area contributed by atoms with Gasteiger partial charge in [-0.25, -0.2) is 4.39 Å². The summed E-state index contributed by atoms with van der Waals surface area (Å²) in [5, 5.41) is 0. The lowest BCUT2D eigenvalue weighted by molar-refractivity contribution is 0.619. The van der Waals surface area contributed by atoms with Gasteiger partial charge in [0, 0.05) is 0 Å². The van der Waals surface area contributed by atoms with E-state index in [1.807, 2.05) is 30.3 Å². The van der Waals surface area contributed by atoms with Crippen LogP contribution in [0.25, 0.3) is 11.1 Å². The van der Waals surface area contributed by atoms with E-state index in [1.165, 1.54) is 5.56 Å². The van der Waals surface area contributed by atoms with Crippen LogP contribution in [0.3, 0.4) is 0 Å². The second kappa shape index (κ2) is 4.48. The van der Waals surface area contributed by atoms with Crippen LogP contribution in [0.4, 0.5) is 4.39 Å². The van der Waals surface area contributed by atoms with E-state index in [0.717, 1.165) is 17.5 Å². The average Bonchev–Trinajstić information content (AvgIpc) is 2.32. The zero-order valence-corrected chi connectivity index (χ0v) is 9.63. The smallest absolute Gasteiger partial charge is 0.126 e. The molecule has 0 bridgehead atoms. The Balaban J connectivity index is 2.54. The van der Waals surface area contributed by atoms with Crippen molar-refractivity contribution in [1.29, 1.82) is 0 Å². The number of aryl methyl sites for hydroxylation is 2. The van der Waals surface area contributed by atoms with Gasteiger partial charge in [-0.15, -0.1) is 0 Å². The minimum absolute atomic E-state index is 0.136. The Hall–Kier alpha value is -1.63. The van der Waals surface area contributed by atoms with Crippen LogP contribution in [0.5, 0.6) is 0 Å². The molecule has 0 aliphatic rings. The summed E-state index contributed by atoms with van der Waals surface area (Å²) in [5.74, 6) is -0.136. The third-order valence-electron chi connectivity index (χ3n) is 2.88. The van der Waals surface area contributed by atoms with Gasteiger partial charge >= 0.3 is 0 Å². The normalized spacial score (nSPS) is 10.4. The number of hydrogen-bond acceptors (Lipinski definition) is 0. The molecule has 1 heteroatoms. The summed E-state index contributed by atoms with van der Waals surface area (Å²) in [6, 6.07) is 13.6. The molecule has 0 spiro atoms. The van der Waals surface area contributed by atoms with Gasteiger partial charge in [-0.3, -0.25) is 0 Å². The first-order valence-corrected chi connectivity index (χ1v) is 5.57. The van der Waals surface area contributed by atoms with Gasteiger partial charge in [0.15, 0.2) is 0 Å². The van der Waals surface area contributed by atoms with Gasteiger partial charge in [-0.1, -0.05) is 43.3 Å². The quantitative estimate of drug-likeness (QED) is 0.696. The maximum absolute atomic E-state index is 13.5. The third kappa shape index (κ3) is 1.99. The van der Waals surface area contributed by atoms with Gasteiger partial charge in [0.1, 0.15) is 5.82 Å². The minimum atomic E-state index is -0.136. The van der Waals surface area contributed by atoms with Crippen molar-refractivity contribution in [2.75, 3.05) is 0 Å². The van der Waals surface area contributed by atoms with E-state index in [9.17, 15) is 4.39 Å². The molecule has 0 saturated carbocycles. The van der Waals surface area contributed by atoms with E-state index in [-0.39, 0.29) is 5.82 Å². The highest BCUT2D eigenvalue weighted by molar-refractivity contribution is 5.67. The van der Waals surface area contributed by atoms with Crippen LogP contribution in [0, 0.1) is 12.7 Å². The summed E-state index contributed by atoms with van der Waals surface area (Å²) in [6.45, 7) is 3.90. The monoisotopic (exact) mass is 214 g/mol. The molecular weight excluding hydrogens is 199 g/mol. The number of hydrogen-bond donors (Lipinski definition) is 0. The minimum Gasteiger partial charge on any atom is -0.207 e. The summed E-state index contributed by atoms with van der Waals surface area (Å²) in [5.41, 5.74) is 4.04. The summed E-state index contributed by atoms with van der Waals surface area (Å²) in [4.78, 5) is 0. The molecule has 0 unspecified atom stereocenters. The summed E-state index contributed by atoms with van der Waals surface area (Å²) >= 11 is 0. The van der Waals surface area contributed by atoms with Crippen molar-refractivity contribution in [3.63, 3.8) is 0 Å². The lowest BCUT2D eigenvalue weighted by Gasteiger charge is -2.08. The van der Waals surface area contributed by atoms with Crippen molar-refractivity contribution in [2.24, 2.45) is 0 Å². The van der Waals surface area contributed by atoms with Crippen molar-refractivity contribution >= 4 is 0 Å². The van der Waals surface area contributed by atoms with Gasteiger partial charge < -0.3 is 0 Å². The average molecular weight is 214 g/mol. The highest BCUT2D eigenvalue weighted by Gasteiger charge is 2.05. The zero-order valence-electron chi connectivity index (χ0n) is 9.63. The van der Waals surface area contributed by atoms with Crippen LogP contribution in [-0.2, 0) is 6.42 Å². The Morgan fingerprint density at radius 1 is 1.06 bits per heavy atom. The van der Waals surface area contributed by atoms with Crippen LogP contribution in [0.1, 0.15) is 18.1 Å². The first kappa shape index (κ1) is 10.9. The van der Waals surface area contributed by atoms with E-state index in [2.05, 4.69) is 13.0 Å². The Bertz CT molecular complexity index is 501. The third-order valence-corrected chi connectivity index (χ3v) is 2.88. The molecule has 0 aromatic heterocycles.